The largest absolute Gasteiger partial charge is 0.486 e. The molecule has 2 heteroatoms. The molecule has 0 spiro atoms. The normalized spacial score (nSPS) is 14.5. The molecule has 1 aliphatic rings. The van der Waals surface area contributed by atoms with Gasteiger partial charge in [-0.2, -0.15) is 0 Å². The van der Waals surface area contributed by atoms with Gasteiger partial charge in [0.2, 0.25) is 0 Å². The van der Waals surface area contributed by atoms with E-state index in [0.29, 0.717) is 0 Å². The number of hydrogen-bond acceptors (Lipinski definition) is 2. The SMILES string of the molecule is CC(=O)COc1ccc2c(c1)CCCC2. The smallest absolute Gasteiger partial charge is 0.167 e. The van der Waals surface area contributed by atoms with Crippen molar-refractivity contribution >= 4 is 5.78 Å². The molecule has 1 aromatic rings. The molecule has 15 heavy (non-hydrogen) atoms. The Morgan fingerprint density at radius 2 is 2.00 bits per heavy atom. The predicted octanol–water partition coefficient (Wildman–Crippen LogP) is 2.53. The summed E-state index contributed by atoms with van der Waals surface area (Å²) in [6.07, 6.45) is 4.89. The van der Waals surface area contributed by atoms with E-state index >= 15 is 0 Å². The molecule has 0 unspecified atom stereocenters. The Kier molecular flexibility index (Phi) is 3.05. The zero-order valence-electron chi connectivity index (χ0n) is 9.08. The minimum Gasteiger partial charge on any atom is -0.486 e. The lowest BCUT2D eigenvalue weighted by molar-refractivity contribution is -0.118. The Hall–Kier alpha value is -1.31. The van der Waals surface area contributed by atoms with E-state index in [0.717, 1.165) is 12.2 Å². The summed E-state index contributed by atoms with van der Waals surface area (Å²) in [5.74, 6) is 0.888. The highest BCUT2D eigenvalue weighted by molar-refractivity contribution is 5.77. The molecular formula is C13H16O2. The van der Waals surface area contributed by atoms with Crippen molar-refractivity contribution in [3.8, 4) is 5.75 Å². The molecule has 1 aromatic carbocycles. The van der Waals surface area contributed by atoms with E-state index in [9.17, 15) is 4.79 Å². The number of rotatable bonds is 3. The van der Waals surface area contributed by atoms with Crippen molar-refractivity contribution in [2.45, 2.75) is 32.6 Å². The minimum atomic E-state index is 0.0627. The van der Waals surface area contributed by atoms with Gasteiger partial charge in [-0.15, -0.1) is 0 Å². The van der Waals surface area contributed by atoms with Crippen LogP contribution < -0.4 is 4.74 Å². The van der Waals surface area contributed by atoms with Gasteiger partial charge in [-0.25, -0.2) is 0 Å². The third kappa shape index (κ3) is 2.58. The van der Waals surface area contributed by atoms with Crippen molar-refractivity contribution in [1.82, 2.24) is 0 Å². The van der Waals surface area contributed by atoms with Gasteiger partial charge in [0.1, 0.15) is 12.4 Å². The van der Waals surface area contributed by atoms with E-state index in [2.05, 4.69) is 12.1 Å². The number of carbonyl (C=O) groups excluding carboxylic acids is 1. The third-order valence-corrected chi connectivity index (χ3v) is 2.76. The Labute approximate surface area is 90.3 Å². The third-order valence-electron chi connectivity index (χ3n) is 2.76. The number of Topliss-reactive ketones (excluding diaryl/α,β-unsaturated/α-hetero) is 1. The van der Waals surface area contributed by atoms with Crippen molar-refractivity contribution in [1.29, 1.82) is 0 Å². The van der Waals surface area contributed by atoms with Crippen LogP contribution in [0.1, 0.15) is 30.9 Å². The van der Waals surface area contributed by atoms with Crippen LogP contribution in [0.5, 0.6) is 5.75 Å². The van der Waals surface area contributed by atoms with Gasteiger partial charge in [0.25, 0.3) is 0 Å². The summed E-state index contributed by atoms with van der Waals surface area (Å²) >= 11 is 0. The minimum absolute atomic E-state index is 0.0627. The fraction of sp³-hybridized carbons (Fsp3) is 0.462. The average molecular weight is 204 g/mol. The van der Waals surface area contributed by atoms with Gasteiger partial charge < -0.3 is 4.74 Å². The molecular weight excluding hydrogens is 188 g/mol. The summed E-state index contributed by atoms with van der Waals surface area (Å²) in [4.78, 5) is 10.8. The lowest BCUT2D eigenvalue weighted by atomic mass is 9.92. The fourth-order valence-electron chi connectivity index (χ4n) is 1.98. The van der Waals surface area contributed by atoms with Gasteiger partial charge >= 0.3 is 0 Å². The molecule has 2 rings (SSSR count). The quantitative estimate of drug-likeness (QED) is 0.756. The van der Waals surface area contributed by atoms with Crippen molar-refractivity contribution in [2.24, 2.45) is 0 Å². The van der Waals surface area contributed by atoms with Crippen LogP contribution in [0.2, 0.25) is 0 Å². The van der Waals surface area contributed by atoms with Gasteiger partial charge in [-0.3, -0.25) is 4.79 Å². The van der Waals surface area contributed by atoms with Crippen LogP contribution in [0, 0.1) is 0 Å². The maximum Gasteiger partial charge on any atom is 0.167 e. The van der Waals surface area contributed by atoms with Crippen LogP contribution in [0.3, 0.4) is 0 Å². The summed E-state index contributed by atoms with van der Waals surface area (Å²) in [5.41, 5.74) is 2.83. The molecule has 0 radical (unpaired) electrons. The predicted molar refractivity (Wildman–Crippen MR) is 59.3 cm³/mol. The molecule has 0 fully saturated rings. The molecule has 2 nitrogen and oxygen atoms in total. The van der Waals surface area contributed by atoms with E-state index in [-0.39, 0.29) is 12.4 Å². The van der Waals surface area contributed by atoms with Crippen molar-refractivity contribution in [2.75, 3.05) is 6.61 Å². The van der Waals surface area contributed by atoms with Gasteiger partial charge in [0.05, 0.1) is 0 Å². The lowest BCUT2D eigenvalue weighted by Crippen LogP contribution is -2.08. The molecule has 0 aromatic heterocycles. The van der Waals surface area contributed by atoms with Crippen LogP contribution >= 0.6 is 0 Å². The molecule has 0 saturated carbocycles. The Morgan fingerprint density at radius 1 is 1.27 bits per heavy atom. The van der Waals surface area contributed by atoms with E-state index in [4.69, 9.17) is 4.74 Å². The first-order valence-corrected chi connectivity index (χ1v) is 5.50. The molecule has 0 heterocycles. The Morgan fingerprint density at radius 3 is 2.73 bits per heavy atom. The first kappa shape index (κ1) is 10.2. The topological polar surface area (TPSA) is 26.3 Å². The molecule has 0 N–H and O–H groups in total. The van der Waals surface area contributed by atoms with Crippen LogP contribution in [-0.2, 0) is 17.6 Å². The highest BCUT2D eigenvalue weighted by atomic mass is 16.5. The van der Waals surface area contributed by atoms with Crippen LogP contribution in [0.15, 0.2) is 18.2 Å². The number of ketones is 1. The number of ether oxygens (including phenoxy) is 1. The molecule has 0 bridgehead atoms. The average Bonchev–Trinajstić information content (AvgIpc) is 2.26. The summed E-state index contributed by atoms with van der Waals surface area (Å²) in [5, 5.41) is 0. The molecule has 0 amide bonds. The Bertz CT molecular complexity index is 369. The number of fused-ring (bicyclic) bond motifs is 1. The van der Waals surface area contributed by atoms with Crippen molar-refractivity contribution in [3.63, 3.8) is 0 Å². The summed E-state index contributed by atoms with van der Waals surface area (Å²) in [6.45, 7) is 1.72. The fourth-order valence-corrected chi connectivity index (χ4v) is 1.98. The molecule has 0 aliphatic heterocycles. The van der Waals surface area contributed by atoms with E-state index in [1.54, 1.807) is 6.92 Å². The first-order valence-electron chi connectivity index (χ1n) is 5.50. The van der Waals surface area contributed by atoms with Crippen LogP contribution in [-0.4, -0.2) is 12.4 Å². The number of benzene rings is 1. The van der Waals surface area contributed by atoms with Crippen LogP contribution in [0.25, 0.3) is 0 Å². The highest BCUT2D eigenvalue weighted by Gasteiger charge is 2.09. The van der Waals surface area contributed by atoms with E-state index < -0.39 is 0 Å². The van der Waals surface area contributed by atoms with Gasteiger partial charge in [0, 0.05) is 0 Å². The second-order valence-electron chi connectivity index (χ2n) is 4.13. The number of carbonyl (C=O) groups is 1. The number of aryl methyl sites for hydroxylation is 2. The molecule has 1 aliphatic carbocycles. The summed E-state index contributed by atoms with van der Waals surface area (Å²) in [7, 11) is 0. The molecule has 0 saturated heterocycles. The van der Waals surface area contributed by atoms with Gasteiger partial charge in [-0.1, -0.05) is 6.07 Å². The number of hydrogen-bond donors (Lipinski definition) is 0. The first-order chi connectivity index (χ1) is 7.25. The standard InChI is InChI=1S/C13H16O2/c1-10(14)9-15-13-7-6-11-4-2-3-5-12(11)8-13/h6-8H,2-5,9H2,1H3. The summed E-state index contributed by atoms with van der Waals surface area (Å²) < 4.78 is 5.38. The zero-order chi connectivity index (χ0) is 10.7. The molecule has 80 valence electrons. The Balaban J connectivity index is 2.10. The van der Waals surface area contributed by atoms with Crippen LogP contribution in [0.4, 0.5) is 0 Å². The van der Waals surface area contributed by atoms with E-state index in [1.807, 2.05) is 6.07 Å². The summed E-state index contributed by atoms with van der Waals surface area (Å²) in [6, 6.07) is 6.18. The van der Waals surface area contributed by atoms with Crippen molar-refractivity contribution < 1.29 is 9.53 Å². The maximum atomic E-state index is 10.8. The van der Waals surface area contributed by atoms with E-state index in [1.165, 1.54) is 30.4 Å². The monoisotopic (exact) mass is 204 g/mol. The maximum absolute atomic E-state index is 10.8. The highest BCUT2D eigenvalue weighted by Crippen LogP contribution is 2.25. The zero-order valence-corrected chi connectivity index (χ0v) is 9.08. The lowest BCUT2D eigenvalue weighted by Gasteiger charge is -2.16. The van der Waals surface area contributed by atoms with Gasteiger partial charge in [-0.05, 0) is 55.9 Å². The van der Waals surface area contributed by atoms with Crippen molar-refractivity contribution in [3.05, 3.63) is 29.3 Å². The van der Waals surface area contributed by atoms with Gasteiger partial charge in [0.15, 0.2) is 5.78 Å². The second-order valence-corrected chi connectivity index (χ2v) is 4.13. The molecule has 0 atom stereocenters. The second kappa shape index (κ2) is 4.47.